The summed E-state index contributed by atoms with van der Waals surface area (Å²) in [5.74, 6) is 1.66. The second-order valence-electron chi connectivity index (χ2n) is 8.49. The van der Waals surface area contributed by atoms with Gasteiger partial charge in [-0.15, -0.1) is 0 Å². The zero-order valence-electron chi connectivity index (χ0n) is 16.5. The summed E-state index contributed by atoms with van der Waals surface area (Å²) in [5.41, 5.74) is 2.90. The molecule has 0 radical (unpaired) electrons. The molecule has 0 aromatic heterocycles. The third-order valence-electron chi connectivity index (χ3n) is 6.70. The van der Waals surface area contributed by atoms with Crippen molar-refractivity contribution < 1.29 is 0 Å². The van der Waals surface area contributed by atoms with E-state index in [4.69, 9.17) is 4.99 Å². The molecule has 3 fully saturated rings. The van der Waals surface area contributed by atoms with E-state index in [1.807, 2.05) is 0 Å². The Morgan fingerprint density at radius 1 is 1.12 bits per heavy atom. The van der Waals surface area contributed by atoms with Gasteiger partial charge in [0.15, 0.2) is 5.96 Å². The van der Waals surface area contributed by atoms with Crippen molar-refractivity contribution in [1.82, 2.24) is 15.5 Å². The van der Waals surface area contributed by atoms with Gasteiger partial charge in [0.2, 0.25) is 0 Å². The standard InChI is InChI=1S/C22H34N4/c1-4-23-22(24-16-12-17-9-7-10-18(13-16)26(17)3)25-21-14-20(21)19-11-6-5-8-15(19)2/h5-6,8,11,16-18,20-21H,4,7,9-10,12-14H2,1-3H3,(H2,23,24,25). The topological polar surface area (TPSA) is 39.7 Å². The van der Waals surface area contributed by atoms with E-state index in [9.17, 15) is 0 Å². The van der Waals surface area contributed by atoms with E-state index in [-0.39, 0.29) is 0 Å². The van der Waals surface area contributed by atoms with Gasteiger partial charge < -0.3 is 15.5 Å². The number of hydrogen-bond acceptors (Lipinski definition) is 2. The molecule has 1 aromatic rings. The Kier molecular flexibility index (Phi) is 5.21. The lowest BCUT2D eigenvalue weighted by Gasteiger charge is -2.47. The zero-order valence-corrected chi connectivity index (χ0v) is 16.5. The van der Waals surface area contributed by atoms with Crippen LogP contribution in [-0.2, 0) is 0 Å². The zero-order chi connectivity index (χ0) is 18.1. The van der Waals surface area contributed by atoms with Gasteiger partial charge in [-0.25, -0.2) is 0 Å². The van der Waals surface area contributed by atoms with E-state index in [1.165, 1.54) is 49.7 Å². The first-order valence-electron chi connectivity index (χ1n) is 10.5. The summed E-state index contributed by atoms with van der Waals surface area (Å²) in [6, 6.07) is 11.4. The van der Waals surface area contributed by atoms with Crippen LogP contribution < -0.4 is 10.6 Å². The lowest BCUT2D eigenvalue weighted by molar-refractivity contribution is 0.0526. The second-order valence-corrected chi connectivity index (χ2v) is 8.49. The van der Waals surface area contributed by atoms with Crippen molar-refractivity contribution >= 4 is 5.96 Å². The Bertz CT molecular complexity index is 641. The molecule has 4 rings (SSSR count). The van der Waals surface area contributed by atoms with Crippen molar-refractivity contribution in [3.05, 3.63) is 35.4 Å². The van der Waals surface area contributed by atoms with Crippen LogP contribution >= 0.6 is 0 Å². The molecule has 4 unspecified atom stereocenters. The third kappa shape index (κ3) is 3.75. The van der Waals surface area contributed by atoms with Crippen LogP contribution in [0.25, 0.3) is 0 Å². The number of nitrogens with zero attached hydrogens (tertiary/aromatic N) is 2. The minimum Gasteiger partial charge on any atom is -0.354 e. The minimum absolute atomic E-state index is 0.527. The van der Waals surface area contributed by atoms with Gasteiger partial charge in [0.05, 0.1) is 0 Å². The van der Waals surface area contributed by atoms with E-state index in [2.05, 4.69) is 60.7 Å². The molecule has 4 nitrogen and oxygen atoms in total. The maximum Gasteiger partial charge on any atom is 0.191 e. The monoisotopic (exact) mass is 354 g/mol. The predicted octanol–water partition coefficient (Wildman–Crippen LogP) is 3.42. The quantitative estimate of drug-likeness (QED) is 0.643. The van der Waals surface area contributed by atoms with Gasteiger partial charge in [-0.2, -0.15) is 0 Å². The van der Waals surface area contributed by atoms with Gasteiger partial charge in [-0.3, -0.25) is 4.99 Å². The molecule has 26 heavy (non-hydrogen) atoms. The number of guanidine groups is 1. The maximum atomic E-state index is 4.74. The second kappa shape index (κ2) is 7.59. The van der Waals surface area contributed by atoms with Crippen molar-refractivity contribution in [1.29, 1.82) is 0 Å². The molecule has 4 atom stereocenters. The number of fused-ring (bicyclic) bond motifs is 2. The normalized spacial score (nSPS) is 34.4. The van der Waals surface area contributed by atoms with Crippen molar-refractivity contribution in [2.45, 2.75) is 82.5 Å². The Balaban J connectivity index is 1.36. The largest absolute Gasteiger partial charge is 0.354 e. The van der Waals surface area contributed by atoms with Crippen LogP contribution in [0.3, 0.4) is 0 Å². The number of hydrogen-bond donors (Lipinski definition) is 2. The van der Waals surface area contributed by atoms with Gasteiger partial charge in [0.25, 0.3) is 0 Å². The van der Waals surface area contributed by atoms with Crippen molar-refractivity contribution in [2.75, 3.05) is 13.6 Å². The number of rotatable bonds is 4. The summed E-state index contributed by atoms with van der Waals surface area (Å²) in [4.78, 5) is 7.37. The van der Waals surface area contributed by atoms with Crippen LogP contribution in [0.1, 0.15) is 62.5 Å². The lowest BCUT2D eigenvalue weighted by atomic mass is 9.82. The molecule has 2 saturated heterocycles. The van der Waals surface area contributed by atoms with Crippen LogP contribution in [0.4, 0.5) is 0 Å². The molecule has 2 aliphatic heterocycles. The first-order valence-corrected chi connectivity index (χ1v) is 10.5. The molecule has 1 aliphatic carbocycles. The summed E-state index contributed by atoms with van der Waals surface area (Å²) < 4.78 is 0. The maximum absolute atomic E-state index is 4.74. The highest BCUT2D eigenvalue weighted by atomic mass is 15.2. The molecular formula is C22H34N4. The van der Waals surface area contributed by atoms with Crippen LogP contribution in [0.2, 0.25) is 0 Å². The summed E-state index contributed by atoms with van der Waals surface area (Å²) in [6.07, 6.45) is 7.84. The van der Waals surface area contributed by atoms with Crippen LogP contribution in [-0.4, -0.2) is 48.6 Å². The summed E-state index contributed by atoms with van der Waals surface area (Å²) >= 11 is 0. The predicted molar refractivity (Wildman–Crippen MR) is 109 cm³/mol. The van der Waals surface area contributed by atoms with Crippen molar-refractivity contribution in [3.8, 4) is 0 Å². The average Bonchev–Trinajstić information content (AvgIpc) is 3.35. The molecule has 2 bridgehead atoms. The molecule has 1 aromatic carbocycles. The molecule has 2 N–H and O–H groups in total. The number of aliphatic imine (C=N–C) groups is 1. The number of benzene rings is 1. The first kappa shape index (κ1) is 17.8. The summed E-state index contributed by atoms with van der Waals surface area (Å²) in [7, 11) is 2.32. The van der Waals surface area contributed by atoms with E-state index in [0.717, 1.165) is 24.6 Å². The fourth-order valence-electron chi connectivity index (χ4n) is 5.09. The molecule has 0 spiro atoms. The lowest BCUT2D eigenvalue weighted by Crippen LogP contribution is -2.56. The molecule has 142 valence electrons. The van der Waals surface area contributed by atoms with Crippen molar-refractivity contribution in [3.63, 3.8) is 0 Å². The van der Waals surface area contributed by atoms with Gasteiger partial charge in [-0.05, 0) is 64.1 Å². The third-order valence-corrected chi connectivity index (χ3v) is 6.70. The summed E-state index contributed by atoms with van der Waals surface area (Å²) in [6.45, 7) is 5.18. The van der Waals surface area contributed by atoms with E-state index in [0.29, 0.717) is 18.0 Å². The molecular weight excluding hydrogens is 320 g/mol. The van der Waals surface area contributed by atoms with E-state index in [1.54, 1.807) is 0 Å². The highest BCUT2D eigenvalue weighted by Gasteiger charge is 2.41. The van der Waals surface area contributed by atoms with Gasteiger partial charge >= 0.3 is 0 Å². The molecule has 2 heterocycles. The molecule has 0 amide bonds. The highest BCUT2D eigenvalue weighted by Crippen LogP contribution is 2.42. The smallest absolute Gasteiger partial charge is 0.191 e. The van der Waals surface area contributed by atoms with E-state index < -0.39 is 0 Å². The van der Waals surface area contributed by atoms with E-state index >= 15 is 0 Å². The Hall–Kier alpha value is -1.55. The summed E-state index contributed by atoms with van der Waals surface area (Å²) in [5, 5.41) is 7.49. The Labute approximate surface area is 158 Å². The first-order chi connectivity index (χ1) is 12.7. The van der Waals surface area contributed by atoms with Crippen molar-refractivity contribution in [2.24, 2.45) is 4.99 Å². The molecule has 3 aliphatic rings. The van der Waals surface area contributed by atoms with Crippen LogP contribution in [0.5, 0.6) is 0 Å². The van der Waals surface area contributed by atoms with Gasteiger partial charge in [0, 0.05) is 36.6 Å². The number of aryl methyl sites for hydroxylation is 1. The fraction of sp³-hybridized carbons (Fsp3) is 0.682. The van der Waals surface area contributed by atoms with Gasteiger partial charge in [-0.1, -0.05) is 30.7 Å². The van der Waals surface area contributed by atoms with Gasteiger partial charge in [0.1, 0.15) is 0 Å². The Morgan fingerprint density at radius 3 is 2.54 bits per heavy atom. The highest BCUT2D eigenvalue weighted by molar-refractivity contribution is 5.81. The SMILES string of the molecule is CCN=C(NC1CC2CCCC(C1)N2C)NC1CC1c1ccccc1C. The minimum atomic E-state index is 0.527. The Morgan fingerprint density at radius 2 is 1.85 bits per heavy atom. The number of piperidine rings is 2. The average molecular weight is 355 g/mol. The number of nitrogens with one attached hydrogen (secondary N) is 2. The molecule has 4 heteroatoms. The molecule has 1 saturated carbocycles. The van der Waals surface area contributed by atoms with Crippen LogP contribution in [0, 0.1) is 6.92 Å². The fourth-order valence-corrected chi connectivity index (χ4v) is 5.09. The van der Waals surface area contributed by atoms with Crippen LogP contribution in [0.15, 0.2) is 29.3 Å².